The number of quaternary nitrogens is 1. The van der Waals surface area contributed by atoms with E-state index in [-0.39, 0.29) is 4.48 Å². The van der Waals surface area contributed by atoms with E-state index in [2.05, 4.69) is 6.92 Å². The maximum atomic E-state index is 12.2. The number of carbonyl (C=O) groups is 2. The van der Waals surface area contributed by atoms with Gasteiger partial charge in [0, 0.05) is 12.4 Å². The maximum absolute atomic E-state index is 12.2. The zero-order valence-corrected chi connectivity index (χ0v) is 14.5. The standard InChI is InChI=1S/C17H29NO5/c1-5-6-7-8-9-10-11-12-14(19)17(23,13-15(20)21)16(22)18(2,3)4/h9-12,16,22-23H,5-8,13H2,1-4H3. The molecular formula is C17H29NO5. The number of nitrogens with zero attached hydrogens (tertiary/aromatic N) is 1. The molecule has 23 heavy (non-hydrogen) atoms. The molecule has 0 rings (SSSR count). The molecule has 0 aliphatic rings. The fourth-order valence-electron chi connectivity index (χ4n) is 2.14. The third kappa shape index (κ3) is 7.54. The van der Waals surface area contributed by atoms with Gasteiger partial charge in [-0.05, 0) is 18.9 Å². The van der Waals surface area contributed by atoms with Crippen LogP contribution in [0.1, 0.15) is 39.0 Å². The number of ketones is 1. The smallest absolute Gasteiger partial charge is 0.227 e. The second-order valence-electron chi connectivity index (χ2n) is 6.61. The van der Waals surface area contributed by atoms with Crippen LogP contribution < -0.4 is 5.11 Å². The van der Waals surface area contributed by atoms with E-state index < -0.39 is 30.0 Å². The number of allylic oxidation sites excluding steroid dienone is 3. The van der Waals surface area contributed by atoms with Crippen LogP contribution in [0, 0.1) is 0 Å². The molecular weight excluding hydrogens is 298 g/mol. The molecule has 0 spiro atoms. The van der Waals surface area contributed by atoms with E-state index in [0.717, 1.165) is 31.8 Å². The summed E-state index contributed by atoms with van der Waals surface area (Å²) in [5.74, 6) is -2.46. The van der Waals surface area contributed by atoms with Crippen LogP contribution in [-0.4, -0.2) is 59.4 Å². The molecule has 6 heteroatoms. The molecule has 0 saturated carbocycles. The number of likely N-dealkylation sites (N-methyl/N-ethyl adjacent to an activating group) is 1. The van der Waals surface area contributed by atoms with E-state index in [4.69, 9.17) is 0 Å². The van der Waals surface area contributed by atoms with Crippen LogP contribution in [0.15, 0.2) is 24.3 Å². The first kappa shape index (κ1) is 21.5. The molecule has 2 atom stereocenters. The quantitative estimate of drug-likeness (QED) is 0.185. The van der Waals surface area contributed by atoms with Crippen LogP contribution >= 0.6 is 0 Å². The van der Waals surface area contributed by atoms with Crippen molar-refractivity contribution in [2.45, 2.75) is 50.9 Å². The molecule has 0 saturated heterocycles. The average molecular weight is 327 g/mol. The second-order valence-corrected chi connectivity index (χ2v) is 6.61. The number of carboxylic acids is 1. The number of hydrogen-bond donors (Lipinski definition) is 2. The van der Waals surface area contributed by atoms with E-state index in [1.807, 2.05) is 6.08 Å². The number of aliphatic carboxylic acids is 1. The molecule has 0 aliphatic carbocycles. The fourth-order valence-corrected chi connectivity index (χ4v) is 2.14. The van der Waals surface area contributed by atoms with Crippen LogP contribution in [0.5, 0.6) is 0 Å². The molecule has 132 valence electrons. The Morgan fingerprint density at radius 2 is 1.83 bits per heavy atom. The van der Waals surface area contributed by atoms with Crippen molar-refractivity contribution in [1.82, 2.24) is 0 Å². The van der Waals surface area contributed by atoms with Crippen LogP contribution in [0.2, 0.25) is 0 Å². The lowest BCUT2D eigenvalue weighted by Crippen LogP contribution is -2.63. The number of hydrogen-bond acceptors (Lipinski definition) is 5. The Morgan fingerprint density at radius 1 is 1.22 bits per heavy atom. The highest BCUT2D eigenvalue weighted by molar-refractivity contribution is 5.99. The number of aliphatic hydroxyl groups is 2. The zero-order chi connectivity index (χ0) is 18.1. The summed E-state index contributed by atoms with van der Waals surface area (Å²) in [6, 6.07) is 0. The lowest BCUT2D eigenvalue weighted by Gasteiger charge is -2.39. The molecule has 0 aromatic rings. The van der Waals surface area contributed by atoms with Crippen LogP contribution in [0.25, 0.3) is 0 Å². The molecule has 0 aliphatic heterocycles. The first-order chi connectivity index (χ1) is 10.6. The minimum atomic E-state index is -2.43. The Kier molecular flexibility index (Phi) is 8.97. The number of carbonyl (C=O) groups excluding carboxylic acids is 2. The Morgan fingerprint density at radius 3 is 2.30 bits per heavy atom. The third-order valence-electron chi connectivity index (χ3n) is 3.47. The van der Waals surface area contributed by atoms with Crippen LogP contribution in [-0.2, 0) is 9.59 Å². The molecule has 0 bridgehead atoms. The number of aliphatic hydroxyl groups excluding tert-OH is 1. The molecule has 0 aromatic carbocycles. The van der Waals surface area contributed by atoms with Gasteiger partial charge in [0.25, 0.3) is 0 Å². The highest BCUT2D eigenvalue weighted by Gasteiger charge is 2.49. The first-order valence-electron chi connectivity index (χ1n) is 7.84. The molecule has 6 nitrogen and oxygen atoms in total. The summed E-state index contributed by atoms with van der Waals surface area (Å²) in [5.41, 5.74) is -2.43. The van der Waals surface area contributed by atoms with E-state index in [9.17, 15) is 24.9 Å². The zero-order valence-electron chi connectivity index (χ0n) is 14.5. The summed E-state index contributed by atoms with van der Waals surface area (Å²) in [6.07, 6.45) is 7.74. The third-order valence-corrected chi connectivity index (χ3v) is 3.47. The lowest BCUT2D eigenvalue weighted by atomic mass is 9.90. The monoisotopic (exact) mass is 327 g/mol. The van der Waals surface area contributed by atoms with E-state index in [1.165, 1.54) is 6.08 Å². The molecule has 0 amide bonds. The highest BCUT2D eigenvalue weighted by atomic mass is 16.4. The summed E-state index contributed by atoms with van der Waals surface area (Å²) >= 11 is 0. The predicted octanol–water partition coefficient (Wildman–Crippen LogP) is 0.144. The van der Waals surface area contributed by atoms with Gasteiger partial charge >= 0.3 is 0 Å². The van der Waals surface area contributed by atoms with Gasteiger partial charge < -0.3 is 24.6 Å². The Bertz CT molecular complexity index is 450. The Hall–Kier alpha value is -1.50. The number of carboxylic acid groups (broad SMARTS) is 1. The van der Waals surface area contributed by atoms with Crippen LogP contribution in [0.4, 0.5) is 0 Å². The average Bonchev–Trinajstić information content (AvgIpc) is 2.43. The van der Waals surface area contributed by atoms with Crippen molar-refractivity contribution < 1.29 is 29.4 Å². The molecule has 2 N–H and O–H groups in total. The van der Waals surface area contributed by atoms with Crippen molar-refractivity contribution in [3.63, 3.8) is 0 Å². The van der Waals surface area contributed by atoms with Gasteiger partial charge in [-0.2, -0.15) is 0 Å². The summed E-state index contributed by atoms with van der Waals surface area (Å²) in [4.78, 5) is 23.0. The number of unbranched alkanes of at least 4 members (excludes halogenated alkanes) is 3. The fraction of sp³-hybridized carbons (Fsp3) is 0.647. The highest BCUT2D eigenvalue weighted by Crippen LogP contribution is 2.22. The van der Waals surface area contributed by atoms with E-state index >= 15 is 0 Å². The summed E-state index contributed by atoms with van der Waals surface area (Å²) < 4.78 is -0.184. The Balaban J connectivity index is 4.99. The van der Waals surface area contributed by atoms with Gasteiger partial charge in [0.1, 0.15) is 0 Å². The summed E-state index contributed by atoms with van der Waals surface area (Å²) in [6.45, 7) is 2.11. The number of rotatable bonds is 11. The van der Waals surface area contributed by atoms with Crippen molar-refractivity contribution in [2.24, 2.45) is 0 Å². The lowest BCUT2D eigenvalue weighted by molar-refractivity contribution is -0.925. The van der Waals surface area contributed by atoms with E-state index in [1.54, 1.807) is 27.2 Å². The predicted molar refractivity (Wildman–Crippen MR) is 86.0 cm³/mol. The van der Waals surface area contributed by atoms with Crippen molar-refractivity contribution in [2.75, 3.05) is 21.1 Å². The van der Waals surface area contributed by atoms with Gasteiger partial charge in [0.05, 0.1) is 21.1 Å². The normalized spacial score (nSPS) is 16.6. The van der Waals surface area contributed by atoms with Crippen molar-refractivity contribution in [1.29, 1.82) is 0 Å². The Labute approximate surface area is 138 Å². The van der Waals surface area contributed by atoms with Gasteiger partial charge in [-0.3, -0.25) is 4.79 Å². The molecule has 2 unspecified atom stereocenters. The van der Waals surface area contributed by atoms with Gasteiger partial charge in [-0.1, -0.05) is 38.0 Å². The van der Waals surface area contributed by atoms with Crippen molar-refractivity contribution in [3.05, 3.63) is 24.3 Å². The minimum Gasteiger partial charge on any atom is -0.550 e. The summed E-state index contributed by atoms with van der Waals surface area (Å²) in [7, 11) is 4.65. The topological polar surface area (TPSA) is 97.7 Å². The maximum Gasteiger partial charge on any atom is 0.227 e. The SMILES string of the molecule is CCCCCC=CC=CC(=O)C(O)(CC(=O)[O-])C(O)[N+](C)(C)C. The van der Waals surface area contributed by atoms with Gasteiger partial charge in [-0.15, -0.1) is 0 Å². The first-order valence-corrected chi connectivity index (χ1v) is 7.84. The second kappa shape index (κ2) is 9.60. The van der Waals surface area contributed by atoms with E-state index in [0.29, 0.717) is 0 Å². The van der Waals surface area contributed by atoms with Crippen molar-refractivity contribution >= 4 is 11.8 Å². The van der Waals surface area contributed by atoms with Gasteiger partial charge in [0.15, 0.2) is 5.78 Å². The minimum absolute atomic E-state index is 0.184. The molecule has 0 aromatic heterocycles. The van der Waals surface area contributed by atoms with Gasteiger partial charge in [-0.25, -0.2) is 0 Å². The van der Waals surface area contributed by atoms with Gasteiger partial charge in [0.2, 0.25) is 11.8 Å². The largest absolute Gasteiger partial charge is 0.550 e. The molecule has 0 radical (unpaired) electrons. The molecule has 0 fully saturated rings. The summed E-state index contributed by atoms with van der Waals surface area (Å²) in [5, 5.41) is 31.4. The van der Waals surface area contributed by atoms with Crippen molar-refractivity contribution in [3.8, 4) is 0 Å². The van der Waals surface area contributed by atoms with Crippen LogP contribution in [0.3, 0.4) is 0 Å². The molecule has 0 heterocycles.